The summed E-state index contributed by atoms with van der Waals surface area (Å²) in [6, 6.07) is 18.0. The lowest BCUT2D eigenvalue weighted by molar-refractivity contribution is -0.384. The summed E-state index contributed by atoms with van der Waals surface area (Å²) in [5.41, 5.74) is 3.45. The molecule has 1 heterocycles. The van der Waals surface area contributed by atoms with Crippen LogP contribution in [0, 0.1) is 24.0 Å². The number of imide groups is 1. The standard InChI is InChI=1S/C25H21N3O5/c1-15-8-13-19(16(2)14-15)26-23-22(17-9-11-18(12-10-17)28(31)32)24(29)27(25(23)30)20-6-4-5-7-21(20)33-3/h4-14,26H,1-3H3. The lowest BCUT2D eigenvalue weighted by Gasteiger charge is -2.18. The van der Waals surface area contributed by atoms with E-state index in [1.165, 1.54) is 31.4 Å². The number of rotatable bonds is 6. The Morgan fingerprint density at radius 1 is 0.939 bits per heavy atom. The number of benzene rings is 3. The molecule has 1 aliphatic heterocycles. The van der Waals surface area contributed by atoms with E-state index >= 15 is 0 Å². The molecule has 1 N–H and O–H groups in total. The summed E-state index contributed by atoms with van der Waals surface area (Å²) in [4.78, 5) is 38.7. The van der Waals surface area contributed by atoms with E-state index in [0.29, 0.717) is 22.7 Å². The van der Waals surface area contributed by atoms with Gasteiger partial charge in [0.2, 0.25) is 0 Å². The minimum absolute atomic E-state index is 0.0895. The van der Waals surface area contributed by atoms with Gasteiger partial charge in [-0.15, -0.1) is 0 Å². The maximum absolute atomic E-state index is 13.6. The number of carbonyl (C=O) groups excluding carboxylic acids is 2. The average molecular weight is 443 g/mol. The van der Waals surface area contributed by atoms with Crippen LogP contribution >= 0.6 is 0 Å². The maximum Gasteiger partial charge on any atom is 0.282 e. The number of ether oxygens (including phenoxy) is 1. The van der Waals surface area contributed by atoms with Crippen molar-refractivity contribution in [3.63, 3.8) is 0 Å². The maximum atomic E-state index is 13.6. The van der Waals surface area contributed by atoms with Gasteiger partial charge >= 0.3 is 0 Å². The number of non-ortho nitro benzene ring substituents is 1. The van der Waals surface area contributed by atoms with Crippen molar-refractivity contribution in [2.45, 2.75) is 13.8 Å². The molecule has 0 spiro atoms. The number of aryl methyl sites for hydroxylation is 2. The Morgan fingerprint density at radius 3 is 2.27 bits per heavy atom. The molecule has 8 heteroatoms. The van der Waals surface area contributed by atoms with E-state index < -0.39 is 16.7 Å². The Labute approximate surface area is 190 Å². The fourth-order valence-electron chi connectivity index (χ4n) is 3.79. The minimum Gasteiger partial charge on any atom is -0.495 e. The molecule has 0 fully saturated rings. The molecule has 1 aliphatic rings. The van der Waals surface area contributed by atoms with Gasteiger partial charge < -0.3 is 10.1 Å². The summed E-state index contributed by atoms with van der Waals surface area (Å²) in [5.74, 6) is -0.724. The number of amides is 2. The molecule has 33 heavy (non-hydrogen) atoms. The van der Waals surface area contributed by atoms with Crippen molar-refractivity contribution in [1.29, 1.82) is 0 Å². The predicted octanol–water partition coefficient (Wildman–Crippen LogP) is 4.62. The van der Waals surface area contributed by atoms with Crippen molar-refractivity contribution in [3.8, 4) is 5.75 Å². The molecule has 0 atom stereocenters. The van der Waals surface area contributed by atoms with E-state index in [2.05, 4.69) is 5.32 Å². The van der Waals surface area contributed by atoms with Crippen LogP contribution in [-0.2, 0) is 9.59 Å². The Kier molecular flexibility index (Phi) is 5.66. The second kappa shape index (κ2) is 8.58. The highest BCUT2D eigenvalue weighted by molar-refractivity contribution is 6.46. The lowest BCUT2D eigenvalue weighted by atomic mass is 10.0. The molecule has 0 aliphatic carbocycles. The zero-order valence-electron chi connectivity index (χ0n) is 18.3. The molecule has 0 unspecified atom stereocenters. The van der Waals surface area contributed by atoms with Crippen LogP contribution in [0.15, 0.2) is 72.4 Å². The van der Waals surface area contributed by atoms with E-state index in [-0.39, 0.29) is 17.0 Å². The van der Waals surface area contributed by atoms with Crippen molar-refractivity contribution < 1.29 is 19.2 Å². The molecule has 0 radical (unpaired) electrons. The molecule has 166 valence electrons. The third-order valence-corrected chi connectivity index (χ3v) is 5.42. The smallest absolute Gasteiger partial charge is 0.282 e. The summed E-state index contributed by atoms with van der Waals surface area (Å²) in [6.07, 6.45) is 0. The van der Waals surface area contributed by atoms with E-state index in [1.807, 2.05) is 32.0 Å². The van der Waals surface area contributed by atoms with E-state index in [9.17, 15) is 19.7 Å². The number of carbonyl (C=O) groups is 2. The van der Waals surface area contributed by atoms with Gasteiger partial charge in [0.15, 0.2) is 0 Å². The van der Waals surface area contributed by atoms with Crippen LogP contribution in [0.3, 0.4) is 0 Å². The second-order valence-electron chi connectivity index (χ2n) is 7.61. The van der Waals surface area contributed by atoms with Gasteiger partial charge in [-0.3, -0.25) is 19.7 Å². The van der Waals surface area contributed by atoms with E-state index in [0.717, 1.165) is 16.0 Å². The highest BCUT2D eigenvalue weighted by atomic mass is 16.6. The van der Waals surface area contributed by atoms with Gasteiger partial charge in [-0.25, -0.2) is 4.90 Å². The number of para-hydroxylation sites is 2. The highest BCUT2D eigenvalue weighted by Gasteiger charge is 2.41. The number of methoxy groups -OCH3 is 1. The van der Waals surface area contributed by atoms with Crippen molar-refractivity contribution in [2.24, 2.45) is 0 Å². The first-order chi connectivity index (χ1) is 15.8. The lowest BCUT2D eigenvalue weighted by Crippen LogP contribution is -2.32. The van der Waals surface area contributed by atoms with E-state index in [1.54, 1.807) is 24.3 Å². The quantitative estimate of drug-likeness (QED) is 0.339. The third kappa shape index (κ3) is 3.94. The monoisotopic (exact) mass is 443 g/mol. The van der Waals surface area contributed by atoms with Gasteiger partial charge in [0.05, 0.1) is 23.3 Å². The molecule has 2 amide bonds. The van der Waals surface area contributed by atoms with Gasteiger partial charge in [-0.1, -0.05) is 29.8 Å². The van der Waals surface area contributed by atoms with Crippen LogP contribution in [-0.4, -0.2) is 23.8 Å². The molecule has 3 aromatic rings. The largest absolute Gasteiger partial charge is 0.495 e. The molecule has 0 saturated carbocycles. The Hall–Kier alpha value is -4.46. The molecule has 8 nitrogen and oxygen atoms in total. The zero-order valence-corrected chi connectivity index (χ0v) is 18.3. The number of nitrogens with one attached hydrogen (secondary N) is 1. The minimum atomic E-state index is -0.550. The van der Waals surface area contributed by atoms with Crippen molar-refractivity contribution >= 4 is 34.4 Å². The molecule has 0 saturated heterocycles. The van der Waals surface area contributed by atoms with Crippen LogP contribution in [0.1, 0.15) is 16.7 Å². The van der Waals surface area contributed by atoms with Crippen LogP contribution in [0.4, 0.5) is 17.1 Å². The summed E-state index contributed by atoms with van der Waals surface area (Å²) in [5, 5.41) is 14.2. The fourth-order valence-corrected chi connectivity index (χ4v) is 3.79. The summed E-state index contributed by atoms with van der Waals surface area (Å²) >= 11 is 0. The Morgan fingerprint density at radius 2 is 1.64 bits per heavy atom. The van der Waals surface area contributed by atoms with Gasteiger partial charge in [0.25, 0.3) is 17.5 Å². The SMILES string of the molecule is COc1ccccc1N1C(=O)C(Nc2ccc(C)cc2C)=C(c2ccc([N+](=O)[O-])cc2)C1=O. The third-order valence-electron chi connectivity index (χ3n) is 5.42. The molecule has 0 bridgehead atoms. The highest BCUT2D eigenvalue weighted by Crippen LogP contribution is 2.38. The van der Waals surface area contributed by atoms with Crippen molar-refractivity contribution in [2.75, 3.05) is 17.3 Å². The van der Waals surface area contributed by atoms with E-state index in [4.69, 9.17) is 4.74 Å². The van der Waals surface area contributed by atoms with Gasteiger partial charge in [0, 0.05) is 17.8 Å². The Balaban J connectivity index is 1.86. The first kappa shape index (κ1) is 21.8. The average Bonchev–Trinajstić information content (AvgIpc) is 3.04. The van der Waals surface area contributed by atoms with Gasteiger partial charge in [0.1, 0.15) is 11.4 Å². The van der Waals surface area contributed by atoms with Crippen LogP contribution in [0.25, 0.3) is 5.57 Å². The first-order valence-corrected chi connectivity index (χ1v) is 10.2. The number of anilines is 2. The molecular weight excluding hydrogens is 422 g/mol. The normalized spacial score (nSPS) is 13.5. The summed E-state index contributed by atoms with van der Waals surface area (Å²) < 4.78 is 5.36. The predicted molar refractivity (Wildman–Crippen MR) is 125 cm³/mol. The number of hydrogen-bond acceptors (Lipinski definition) is 6. The Bertz CT molecular complexity index is 1310. The van der Waals surface area contributed by atoms with Crippen molar-refractivity contribution in [3.05, 3.63) is 99.2 Å². The molecule has 0 aromatic heterocycles. The van der Waals surface area contributed by atoms with Crippen LogP contribution in [0.2, 0.25) is 0 Å². The summed E-state index contributed by atoms with van der Waals surface area (Å²) in [6.45, 7) is 3.87. The molecular formula is C25H21N3O5. The van der Waals surface area contributed by atoms with Gasteiger partial charge in [-0.05, 0) is 55.3 Å². The fraction of sp³-hybridized carbons (Fsp3) is 0.120. The van der Waals surface area contributed by atoms with Crippen LogP contribution < -0.4 is 15.0 Å². The van der Waals surface area contributed by atoms with Crippen molar-refractivity contribution in [1.82, 2.24) is 0 Å². The number of nitro benzene ring substituents is 1. The number of nitro groups is 1. The second-order valence-corrected chi connectivity index (χ2v) is 7.61. The van der Waals surface area contributed by atoms with Gasteiger partial charge in [-0.2, -0.15) is 0 Å². The zero-order chi connectivity index (χ0) is 23.7. The van der Waals surface area contributed by atoms with Crippen LogP contribution in [0.5, 0.6) is 5.75 Å². The topological polar surface area (TPSA) is 102 Å². The molecule has 4 rings (SSSR count). The first-order valence-electron chi connectivity index (χ1n) is 10.2. The number of hydrogen-bond donors (Lipinski definition) is 1. The summed E-state index contributed by atoms with van der Waals surface area (Å²) in [7, 11) is 1.46. The number of nitrogens with zero attached hydrogens (tertiary/aromatic N) is 2. The molecule has 3 aromatic carbocycles.